The van der Waals surface area contributed by atoms with Crippen LogP contribution in [0.4, 0.5) is 10.2 Å². The van der Waals surface area contributed by atoms with Crippen LogP contribution in [-0.4, -0.2) is 24.1 Å². The summed E-state index contributed by atoms with van der Waals surface area (Å²) in [5.41, 5.74) is 0.727. The Morgan fingerprint density at radius 2 is 2.39 bits per heavy atom. The maximum absolute atomic E-state index is 14.4. The van der Waals surface area contributed by atoms with Gasteiger partial charge in [-0.15, -0.1) is 0 Å². The lowest BCUT2D eigenvalue weighted by atomic mass is 10.1. The zero-order valence-corrected chi connectivity index (χ0v) is 10.8. The summed E-state index contributed by atoms with van der Waals surface area (Å²) < 4.78 is 14.4. The molecule has 2 aliphatic rings. The second kappa shape index (κ2) is 4.84. The van der Waals surface area contributed by atoms with Gasteiger partial charge >= 0.3 is 0 Å². The van der Waals surface area contributed by atoms with E-state index in [1.54, 1.807) is 12.3 Å². The van der Waals surface area contributed by atoms with Gasteiger partial charge in [0.15, 0.2) is 11.6 Å². The molecular weight excluding hydrogens is 229 g/mol. The van der Waals surface area contributed by atoms with Crippen molar-refractivity contribution >= 4 is 5.82 Å². The summed E-state index contributed by atoms with van der Waals surface area (Å²) in [5, 5.41) is 3.17. The van der Waals surface area contributed by atoms with Crippen molar-refractivity contribution in [3.8, 4) is 0 Å². The molecule has 1 N–H and O–H groups in total. The van der Waals surface area contributed by atoms with Gasteiger partial charge < -0.3 is 10.2 Å². The van der Waals surface area contributed by atoms with Crippen LogP contribution in [-0.2, 0) is 6.54 Å². The van der Waals surface area contributed by atoms with Gasteiger partial charge in [-0.3, -0.25) is 0 Å². The Bertz CT molecular complexity index is 435. The molecule has 1 saturated carbocycles. The summed E-state index contributed by atoms with van der Waals surface area (Å²) in [5.74, 6) is 1.19. The zero-order chi connectivity index (χ0) is 12.5. The molecule has 4 heteroatoms. The minimum atomic E-state index is -0.133. The molecule has 1 aliphatic carbocycles. The van der Waals surface area contributed by atoms with E-state index >= 15 is 0 Å². The summed E-state index contributed by atoms with van der Waals surface area (Å²) in [6, 6.07) is 2.29. The van der Waals surface area contributed by atoms with E-state index in [0.717, 1.165) is 24.6 Å². The molecule has 2 atom stereocenters. The van der Waals surface area contributed by atoms with Gasteiger partial charge in [0, 0.05) is 30.9 Å². The van der Waals surface area contributed by atoms with Crippen LogP contribution in [0.25, 0.3) is 0 Å². The standard InChI is InChI=1S/C14H20FN3/c1-2-16-8-11-5-6-17-14(13(11)15)18-9-10-3-4-12(18)7-10/h5-6,10,12,16H,2-4,7-9H2,1H3. The highest BCUT2D eigenvalue weighted by Gasteiger charge is 2.39. The van der Waals surface area contributed by atoms with Gasteiger partial charge in [0.1, 0.15) is 0 Å². The van der Waals surface area contributed by atoms with E-state index in [1.807, 2.05) is 6.92 Å². The predicted octanol–water partition coefficient (Wildman–Crippen LogP) is 2.32. The smallest absolute Gasteiger partial charge is 0.170 e. The van der Waals surface area contributed by atoms with E-state index in [1.165, 1.54) is 19.3 Å². The molecule has 3 rings (SSSR count). The number of aromatic nitrogens is 1. The van der Waals surface area contributed by atoms with E-state index in [4.69, 9.17) is 0 Å². The summed E-state index contributed by atoms with van der Waals surface area (Å²) in [6.07, 6.45) is 5.46. The van der Waals surface area contributed by atoms with Crippen LogP contribution < -0.4 is 10.2 Å². The number of nitrogens with one attached hydrogen (secondary N) is 1. The Labute approximate surface area is 107 Å². The third kappa shape index (κ3) is 1.99. The third-order valence-electron chi connectivity index (χ3n) is 4.20. The number of hydrogen-bond acceptors (Lipinski definition) is 3. The van der Waals surface area contributed by atoms with Crippen molar-refractivity contribution in [2.75, 3.05) is 18.0 Å². The Balaban J connectivity index is 1.83. The topological polar surface area (TPSA) is 28.2 Å². The number of fused-ring (bicyclic) bond motifs is 2. The fourth-order valence-corrected chi connectivity index (χ4v) is 3.25. The van der Waals surface area contributed by atoms with E-state index in [2.05, 4.69) is 15.2 Å². The van der Waals surface area contributed by atoms with Crippen molar-refractivity contribution in [1.29, 1.82) is 0 Å². The number of rotatable bonds is 4. The molecule has 2 fully saturated rings. The minimum Gasteiger partial charge on any atom is -0.351 e. The largest absolute Gasteiger partial charge is 0.351 e. The number of pyridine rings is 1. The van der Waals surface area contributed by atoms with Gasteiger partial charge in [-0.25, -0.2) is 9.37 Å². The highest BCUT2D eigenvalue weighted by molar-refractivity contribution is 5.46. The lowest BCUT2D eigenvalue weighted by Gasteiger charge is -2.28. The predicted molar refractivity (Wildman–Crippen MR) is 70.1 cm³/mol. The highest BCUT2D eigenvalue weighted by atomic mass is 19.1. The molecule has 2 bridgehead atoms. The Kier molecular flexibility index (Phi) is 3.20. The third-order valence-corrected chi connectivity index (χ3v) is 4.20. The first-order chi connectivity index (χ1) is 8.79. The summed E-state index contributed by atoms with van der Waals surface area (Å²) in [6.45, 7) is 4.45. The number of piperidine rings is 1. The fraction of sp³-hybridized carbons (Fsp3) is 0.643. The molecule has 3 nitrogen and oxygen atoms in total. The molecule has 1 saturated heterocycles. The molecule has 0 spiro atoms. The van der Waals surface area contributed by atoms with E-state index < -0.39 is 0 Å². The Hall–Kier alpha value is -1.16. The van der Waals surface area contributed by atoms with Crippen molar-refractivity contribution in [1.82, 2.24) is 10.3 Å². The maximum atomic E-state index is 14.4. The van der Waals surface area contributed by atoms with Gasteiger partial charge in [0.25, 0.3) is 0 Å². The Morgan fingerprint density at radius 1 is 1.50 bits per heavy atom. The van der Waals surface area contributed by atoms with Gasteiger partial charge in [0.05, 0.1) is 0 Å². The average molecular weight is 249 g/mol. The molecule has 2 unspecified atom stereocenters. The Morgan fingerprint density at radius 3 is 3.06 bits per heavy atom. The number of anilines is 1. The van der Waals surface area contributed by atoms with Crippen LogP contribution >= 0.6 is 0 Å². The first-order valence-electron chi connectivity index (χ1n) is 6.90. The maximum Gasteiger partial charge on any atom is 0.170 e. The quantitative estimate of drug-likeness (QED) is 0.887. The van der Waals surface area contributed by atoms with Crippen molar-refractivity contribution in [3.05, 3.63) is 23.6 Å². The molecule has 1 aliphatic heterocycles. The lowest BCUT2D eigenvalue weighted by molar-refractivity contribution is 0.528. The van der Waals surface area contributed by atoms with E-state index in [-0.39, 0.29) is 5.82 Å². The SMILES string of the molecule is CCNCc1ccnc(N2CC3CCC2C3)c1F. The van der Waals surface area contributed by atoms with Crippen LogP contribution in [0.5, 0.6) is 0 Å². The normalized spacial score (nSPS) is 26.0. The molecule has 1 aromatic rings. The van der Waals surface area contributed by atoms with Gasteiger partial charge in [0.2, 0.25) is 0 Å². The van der Waals surface area contributed by atoms with Crippen molar-refractivity contribution in [2.24, 2.45) is 5.92 Å². The van der Waals surface area contributed by atoms with Crippen LogP contribution in [0.15, 0.2) is 12.3 Å². The van der Waals surface area contributed by atoms with Crippen LogP contribution in [0.2, 0.25) is 0 Å². The fourth-order valence-electron chi connectivity index (χ4n) is 3.25. The molecular formula is C14H20FN3. The molecule has 0 aromatic carbocycles. The molecule has 0 amide bonds. The monoisotopic (exact) mass is 249 g/mol. The minimum absolute atomic E-state index is 0.133. The van der Waals surface area contributed by atoms with Gasteiger partial charge in [-0.1, -0.05) is 6.92 Å². The van der Waals surface area contributed by atoms with Crippen LogP contribution in [0.1, 0.15) is 31.7 Å². The molecule has 98 valence electrons. The summed E-state index contributed by atoms with van der Waals surface area (Å²) in [7, 11) is 0. The second-order valence-corrected chi connectivity index (χ2v) is 5.37. The molecule has 0 radical (unpaired) electrons. The van der Waals surface area contributed by atoms with Gasteiger partial charge in [-0.2, -0.15) is 0 Å². The van der Waals surface area contributed by atoms with Gasteiger partial charge in [-0.05, 0) is 37.8 Å². The lowest BCUT2D eigenvalue weighted by Crippen LogP contribution is -2.33. The van der Waals surface area contributed by atoms with Crippen molar-refractivity contribution in [3.63, 3.8) is 0 Å². The first-order valence-corrected chi connectivity index (χ1v) is 6.90. The number of hydrogen-bond donors (Lipinski definition) is 1. The summed E-state index contributed by atoms with van der Waals surface area (Å²) in [4.78, 5) is 6.45. The van der Waals surface area contributed by atoms with E-state index in [9.17, 15) is 4.39 Å². The average Bonchev–Trinajstić information content (AvgIpc) is 3.00. The van der Waals surface area contributed by atoms with Crippen molar-refractivity contribution in [2.45, 2.75) is 38.8 Å². The highest BCUT2D eigenvalue weighted by Crippen LogP contribution is 2.40. The number of halogens is 1. The molecule has 1 aromatic heterocycles. The molecule has 2 heterocycles. The van der Waals surface area contributed by atoms with E-state index in [0.29, 0.717) is 18.4 Å². The first kappa shape index (κ1) is 11.9. The second-order valence-electron chi connectivity index (χ2n) is 5.37. The van der Waals surface area contributed by atoms with Crippen LogP contribution in [0, 0.1) is 11.7 Å². The van der Waals surface area contributed by atoms with Crippen molar-refractivity contribution < 1.29 is 4.39 Å². The molecule has 18 heavy (non-hydrogen) atoms. The zero-order valence-electron chi connectivity index (χ0n) is 10.8. The number of nitrogens with zero attached hydrogens (tertiary/aromatic N) is 2. The van der Waals surface area contributed by atoms with Crippen LogP contribution in [0.3, 0.4) is 0 Å². The summed E-state index contributed by atoms with van der Waals surface area (Å²) >= 11 is 0.